The Kier molecular flexibility index (Phi) is 5.03. The number of hydrogen-bond donors (Lipinski definition) is 1. The van der Waals surface area contributed by atoms with Gasteiger partial charge in [0.1, 0.15) is 5.82 Å². The second-order valence-corrected chi connectivity index (χ2v) is 8.37. The van der Waals surface area contributed by atoms with E-state index in [-0.39, 0.29) is 11.7 Å². The van der Waals surface area contributed by atoms with Crippen LogP contribution in [0, 0.1) is 6.92 Å². The number of anilines is 1. The second kappa shape index (κ2) is 7.59. The molecule has 26 heavy (non-hydrogen) atoms. The number of carbonyl (C=O) groups excluding carboxylic acids is 1. The highest BCUT2D eigenvalue weighted by atomic mass is 32.2. The Morgan fingerprint density at radius 1 is 1.23 bits per heavy atom. The van der Waals surface area contributed by atoms with E-state index in [1.54, 1.807) is 23.7 Å². The molecule has 0 bridgehead atoms. The lowest BCUT2D eigenvalue weighted by molar-refractivity contribution is 0.0941. The molecule has 4 rings (SSSR count). The number of rotatable bonds is 4. The number of aryl methyl sites for hydroxylation is 1. The van der Waals surface area contributed by atoms with Crippen molar-refractivity contribution in [1.29, 1.82) is 0 Å². The van der Waals surface area contributed by atoms with Gasteiger partial charge < -0.3 is 10.2 Å². The molecular weight excluding hydrogens is 366 g/mol. The molecule has 0 unspecified atom stereocenters. The molecule has 0 atom stereocenters. The van der Waals surface area contributed by atoms with Gasteiger partial charge in [-0.25, -0.2) is 9.97 Å². The summed E-state index contributed by atoms with van der Waals surface area (Å²) >= 11 is 3.61. The molecule has 8 heteroatoms. The number of hydrogen-bond acceptors (Lipinski definition) is 7. The Balaban J connectivity index is 1.63. The molecule has 0 spiro atoms. The number of fused-ring (bicyclic) bond motifs is 1. The number of nitrogens with one attached hydrogen (secondary N) is 1. The van der Waals surface area contributed by atoms with Crippen molar-refractivity contribution in [2.75, 3.05) is 29.5 Å². The Bertz CT molecular complexity index is 922. The fourth-order valence-electron chi connectivity index (χ4n) is 2.96. The van der Waals surface area contributed by atoms with Crippen LogP contribution >= 0.6 is 23.1 Å². The number of carbonyl (C=O) groups is 1. The Morgan fingerprint density at radius 2 is 2.00 bits per heavy atom. The first-order valence-corrected chi connectivity index (χ1v) is 10.5. The average Bonchev–Trinajstić information content (AvgIpc) is 3.08. The molecule has 1 saturated heterocycles. The van der Waals surface area contributed by atoms with E-state index in [0.29, 0.717) is 6.54 Å². The minimum Gasteiger partial charge on any atom is -0.354 e. The van der Waals surface area contributed by atoms with Gasteiger partial charge in [0.25, 0.3) is 5.91 Å². The quantitative estimate of drug-likeness (QED) is 0.745. The van der Waals surface area contributed by atoms with Crippen LogP contribution in [0.2, 0.25) is 0 Å². The molecular formula is C18H19N5OS2. The van der Waals surface area contributed by atoms with Crippen LogP contribution in [0.25, 0.3) is 10.9 Å². The Hall–Kier alpha value is -2.19. The summed E-state index contributed by atoms with van der Waals surface area (Å²) in [6, 6.07) is 3.76. The second-order valence-electron chi connectivity index (χ2n) is 6.06. The first kappa shape index (κ1) is 17.2. The van der Waals surface area contributed by atoms with Gasteiger partial charge in [-0.2, -0.15) is 11.8 Å². The summed E-state index contributed by atoms with van der Waals surface area (Å²) in [5, 5.41) is 5.99. The standard InChI is InChI=1S/C18H19N5OS2/c1-12-15-14(11-26-12)21-16(22-17(15)23-6-8-25-9-7-23)18(24)20-10-13-2-4-19-5-3-13/h2-5,11H,6-10H2,1H3,(H,20,24). The predicted molar refractivity (Wildman–Crippen MR) is 107 cm³/mol. The number of thioether (sulfide) groups is 1. The lowest BCUT2D eigenvalue weighted by atomic mass is 10.2. The Morgan fingerprint density at radius 3 is 2.77 bits per heavy atom. The lowest BCUT2D eigenvalue weighted by Crippen LogP contribution is -2.34. The smallest absolute Gasteiger partial charge is 0.289 e. The zero-order chi connectivity index (χ0) is 17.9. The van der Waals surface area contributed by atoms with Crippen molar-refractivity contribution in [1.82, 2.24) is 20.3 Å². The van der Waals surface area contributed by atoms with E-state index >= 15 is 0 Å². The van der Waals surface area contributed by atoms with Gasteiger partial charge in [-0.3, -0.25) is 9.78 Å². The number of amides is 1. The van der Waals surface area contributed by atoms with Crippen molar-refractivity contribution in [2.24, 2.45) is 0 Å². The van der Waals surface area contributed by atoms with Gasteiger partial charge >= 0.3 is 0 Å². The summed E-state index contributed by atoms with van der Waals surface area (Å²) in [7, 11) is 0. The monoisotopic (exact) mass is 385 g/mol. The molecule has 0 aromatic carbocycles. The highest BCUT2D eigenvalue weighted by molar-refractivity contribution is 7.99. The fourth-order valence-corrected chi connectivity index (χ4v) is 4.64. The summed E-state index contributed by atoms with van der Waals surface area (Å²) in [6.45, 7) is 4.41. The third-order valence-corrected chi connectivity index (χ3v) is 6.17. The van der Waals surface area contributed by atoms with Crippen molar-refractivity contribution in [3.8, 4) is 0 Å². The van der Waals surface area contributed by atoms with Crippen molar-refractivity contribution in [2.45, 2.75) is 13.5 Å². The third-order valence-electron chi connectivity index (χ3n) is 4.33. The van der Waals surface area contributed by atoms with Crippen LogP contribution < -0.4 is 10.2 Å². The van der Waals surface area contributed by atoms with Gasteiger partial charge in [0, 0.05) is 53.8 Å². The van der Waals surface area contributed by atoms with E-state index in [1.807, 2.05) is 29.3 Å². The summed E-state index contributed by atoms with van der Waals surface area (Å²) in [4.78, 5) is 29.3. The molecule has 4 heterocycles. The molecule has 0 saturated carbocycles. The first-order chi connectivity index (χ1) is 12.7. The molecule has 3 aromatic rings. The van der Waals surface area contributed by atoms with Gasteiger partial charge in [-0.15, -0.1) is 11.3 Å². The van der Waals surface area contributed by atoms with E-state index in [1.165, 1.54) is 4.88 Å². The minimum atomic E-state index is -0.250. The summed E-state index contributed by atoms with van der Waals surface area (Å²) in [5.41, 5.74) is 1.85. The van der Waals surface area contributed by atoms with E-state index in [4.69, 9.17) is 0 Å². The van der Waals surface area contributed by atoms with Gasteiger partial charge in [0.05, 0.1) is 10.9 Å². The highest BCUT2D eigenvalue weighted by Gasteiger charge is 2.21. The molecule has 6 nitrogen and oxygen atoms in total. The van der Waals surface area contributed by atoms with Gasteiger partial charge in [-0.05, 0) is 24.6 Å². The normalized spacial score (nSPS) is 14.6. The Labute approximate surface area is 160 Å². The van der Waals surface area contributed by atoms with Gasteiger partial charge in [0.2, 0.25) is 5.82 Å². The number of aromatic nitrogens is 3. The number of pyridine rings is 1. The van der Waals surface area contributed by atoms with E-state index in [2.05, 4.69) is 32.1 Å². The molecule has 1 N–H and O–H groups in total. The first-order valence-electron chi connectivity index (χ1n) is 8.48. The van der Waals surface area contributed by atoms with Crippen LogP contribution in [0.4, 0.5) is 5.82 Å². The molecule has 3 aromatic heterocycles. The minimum absolute atomic E-state index is 0.234. The molecule has 0 radical (unpaired) electrons. The summed E-state index contributed by atoms with van der Waals surface area (Å²) in [6.07, 6.45) is 3.43. The lowest BCUT2D eigenvalue weighted by Gasteiger charge is -2.28. The molecule has 1 amide bonds. The SMILES string of the molecule is Cc1scc2nc(C(=O)NCc3ccncc3)nc(N3CCSCC3)c12. The van der Waals surface area contributed by atoms with Crippen LogP contribution in [-0.4, -0.2) is 45.5 Å². The predicted octanol–water partition coefficient (Wildman–Crippen LogP) is 2.88. The molecule has 1 fully saturated rings. The largest absolute Gasteiger partial charge is 0.354 e. The maximum absolute atomic E-state index is 12.6. The topological polar surface area (TPSA) is 71.0 Å². The zero-order valence-electron chi connectivity index (χ0n) is 14.4. The van der Waals surface area contributed by atoms with E-state index in [9.17, 15) is 4.79 Å². The van der Waals surface area contributed by atoms with E-state index < -0.39 is 0 Å². The highest BCUT2D eigenvalue weighted by Crippen LogP contribution is 2.32. The van der Waals surface area contributed by atoms with Crippen molar-refractivity contribution < 1.29 is 4.79 Å². The maximum atomic E-state index is 12.6. The molecule has 0 aliphatic carbocycles. The van der Waals surface area contributed by atoms with Crippen LogP contribution in [-0.2, 0) is 6.54 Å². The number of thiophene rings is 1. The third kappa shape index (κ3) is 3.52. The van der Waals surface area contributed by atoms with Gasteiger partial charge in [0.15, 0.2) is 0 Å². The molecule has 1 aliphatic heterocycles. The molecule has 1 aliphatic rings. The van der Waals surface area contributed by atoms with Crippen LogP contribution in [0.15, 0.2) is 29.9 Å². The van der Waals surface area contributed by atoms with E-state index in [0.717, 1.165) is 46.9 Å². The van der Waals surface area contributed by atoms with Crippen molar-refractivity contribution in [3.63, 3.8) is 0 Å². The maximum Gasteiger partial charge on any atom is 0.289 e. The fraction of sp³-hybridized carbons (Fsp3) is 0.333. The van der Waals surface area contributed by atoms with Crippen LogP contribution in [0.1, 0.15) is 21.1 Å². The van der Waals surface area contributed by atoms with Crippen LogP contribution in [0.3, 0.4) is 0 Å². The zero-order valence-corrected chi connectivity index (χ0v) is 16.1. The van der Waals surface area contributed by atoms with Crippen LogP contribution in [0.5, 0.6) is 0 Å². The van der Waals surface area contributed by atoms with Crippen molar-refractivity contribution in [3.05, 3.63) is 46.2 Å². The molecule has 134 valence electrons. The number of nitrogens with zero attached hydrogens (tertiary/aromatic N) is 4. The average molecular weight is 386 g/mol. The van der Waals surface area contributed by atoms with Crippen molar-refractivity contribution >= 4 is 45.7 Å². The summed E-state index contributed by atoms with van der Waals surface area (Å²) in [5.74, 6) is 3.04. The summed E-state index contributed by atoms with van der Waals surface area (Å²) < 4.78 is 0. The van der Waals surface area contributed by atoms with Gasteiger partial charge in [-0.1, -0.05) is 0 Å².